The highest BCUT2D eigenvalue weighted by atomic mass is 79.9. The maximum Gasteiger partial charge on any atom is 0.166 e. The smallest absolute Gasteiger partial charge is 0.166 e. The highest BCUT2D eigenvalue weighted by molar-refractivity contribution is 9.10. The highest BCUT2D eigenvalue weighted by Crippen LogP contribution is 2.19. The van der Waals surface area contributed by atoms with Crippen LogP contribution in [0, 0.1) is 11.2 Å². The largest absolute Gasteiger partial charge is 0.388 e. The molecular weight excluding hydrogens is 275 g/mol. The van der Waals surface area contributed by atoms with Crippen LogP contribution in [0.15, 0.2) is 16.7 Å². The number of hydrogen-bond donors (Lipinski definition) is 2. The molecule has 0 bridgehead atoms. The van der Waals surface area contributed by atoms with Gasteiger partial charge in [-0.15, -0.1) is 0 Å². The van der Waals surface area contributed by atoms with Crippen molar-refractivity contribution in [2.24, 2.45) is 5.73 Å². The fourth-order valence-electron chi connectivity index (χ4n) is 1.31. The summed E-state index contributed by atoms with van der Waals surface area (Å²) in [4.78, 5) is 5.77. The first-order valence-corrected chi connectivity index (χ1v) is 5.72. The van der Waals surface area contributed by atoms with Crippen LogP contribution in [0.3, 0.4) is 0 Å². The Morgan fingerprint density at radius 3 is 2.88 bits per heavy atom. The molecule has 1 aromatic rings. The number of hydrogen-bond acceptors (Lipinski definition) is 3. The number of nitrogens with two attached hydrogens (primary N) is 1. The van der Waals surface area contributed by atoms with Crippen molar-refractivity contribution in [1.82, 2.24) is 4.98 Å². The van der Waals surface area contributed by atoms with E-state index >= 15 is 0 Å². The van der Waals surface area contributed by atoms with E-state index in [-0.39, 0.29) is 11.7 Å². The molecule has 3 N–H and O–H groups in total. The number of aromatic nitrogens is 1. The number of nitrogens with zero attached hydrogens (tertiary/aromatic N) is 2. The predicted octanol–water partition coefficient (Wildman–Crippen LogP) is 2.14. The summed E-state index contributed by atoms with van der Waals surface area (Å²) in [7, 11) is 0. The van der Waals surface area contributed by atoms with Gasteiger partial charge in [0, 0.05) is 30.2 Å². The Bertz CT molecular complexity index is 383. The summed E-state index contributed by atoms with van der Waals surface area (Å²) < 4.78 is 14.2. The molecule has 1 rings (SSSR count). The highest BCUT2D eigenvalue weighted by Gasteiger charge is 2.11. The maximum absolute atomic E-state index is 13.6. The molecule has 0 atom stereocenters. The standard InChI is InChI=1S/C10H14BrFN4/c1-2-16(4-3-9(13)14)10-8(12)5-7(11)6-15-10/h5-6H,2-4H2,1H3,(H3,13,14). The Morgan fingerprint density at radius 2 is 2.38 bits per heavy atom. The second-order valence-electron chi connectivity index (χ2n) is 3.31. The quantitative estimate of drug-likeness (QED) is 0.644. The summed E-state index contributed by atoms with van der Waals surface area (Å²) in [5.74, 6) is 0.0164. The van der Waals surface area contributed by atoms with Crippen LogP contribution in [0.1, 0.15) is 13.3 Å². The van der Waals surface area contributed by atoms with Gasteiger partial charge in [-0.05, 0) is 28.9 Å². The van der Waals surface area contributed by atoms with E-state index in [0.29, 0.717) is 29.8 Å². The molecule has 0 saturated heterocycles. The summed E-state index contributed by atoms with van der Waals surface area (Å²) in [6.45, 7) is 3.03. The van der Waals surface area contributed by atoms with Gasteiger partial charge < -0.3 is 10.6 Å². The van der Waals surface area contributed by atoms with E-state index in [4.69, 9.17) is 11.1 Å². The molecule has 1 aromatic heterocycles. The molecule has 0 unspecified atom stereocenters. The van der Waals surface area contributed by atoms with Gasteiger partial charge >= 0.3 is 0 Å². The number of anilines is 1. The molecule has 0 amide bonds. The van der Waals surface area contributed by atoms with Crippen LogP contribution in [0.2, 0.25) is 0 Å². The van der Waals surface area contributed by atoms with Crippen molar-refractivity contribution >= 4 is 27.6 Å². The lowest BCUT2D eigenvalue weighted by atomic mass is 10.3. The molecule has 0 fully saturated rings. The first-order valence-electron chi connectivity index (χ1n) is 4.93. The van der Waals surface area contributed by atoms with Gasteiger partial charge in [0.1, 0.15) is 0 Å². The average Bonchev–Trinajstić information content (AvgIpc) is 2.21. The normalized spacial score (nSPS) is 10.2. The summed E-state index contributed by atoms with van der Waals surface area (Å²) in [5.41, 5.74) is 5.27. The fraction of sp³-hybridized carbons (Fsp3) is 0.400. The van der Waals surface area contributed by atoms with Crippen molar-refractivity contribution in [3.8, 4) is 0 Å². The number of pyridine rings is 1. The van der Waals surface area contributed by atoms with Crippen molar-refractivity contribution in [3.05, 3.63) is 22.6 Å². The first-order chi connectivity index (χ1) is 7.54. The molecule has 0 aliphatic heterocycles. The minimum atomic E-state index is -0.375. The van der Waals surface area contributed by atoms with E-state index < -0.39 is 0 Å². The Hall–Kier alpha value is -1.17. The number of amidine groups is 1. The molecule has 0 spiro atoms. The molecule has 0 saturated carbocycles. The SMILES string of the molecule is CCN(CCC(=N)N)c1ncc(Br)cc1F. The number of rotatable bonds is 5. The summed E-state index contributed by atoms with van der Waals surface area (Å²) in [5, 5.41) is 7.14. The fourth-order valence-corrected chi connectivity index (χ4v) is 1.61. The minimum Gasteiger partial charge on any atom is -0.388 e. The molecule has 88 valence electrons. The molecular formula is C10H14BrFN4. The van der Waals surface area contributed by atoms with Gasteiger partial charge in [0.2, 0.25) is 0 Å². The van der Waals surface area contributed by atoms with Gasteiger partial charge in [-0.1, -0.05) is 0 Å². The average molecular weight is 289 g/mol. The van der Waals surface area contributed by atoms with Crippen LogP contribution in [-0.2, 0) is 0 Å². The first kappa shape index (κ1) is 12.9. The topological polar surface area (TPSA) is 66.0 Å². The zero-order valence-corrected chi connectivity index (χ0v) is 10.6. The van der Waals surface area contributed by atoms with Gasteiger partial charge in [-0.2, -0.15) is 0 Å². The minimum absolute atomic E-state index is 0.0935. The maximum atomic E-state index is 13.6. The lowest BCUT2D eigenvalue weighted by Crippen LogP contribution is -2.29. The molecule has 1 heterocycles. The Labute approximate surface area is 102 Å². The third kappa shape index (κ3) is 3.44. The van der Waals surface area contributed by atoms with Crippen molar-refractivity contribution in [1.29, 1.82) is 5.41 Å². The lowest BCUT2D eigenvalue weighted by Gasteiger charge is -2.21. The second kappa shape index (κ2) is 5.79. The molecule has 0 aliphatic rings. The van der Waals surface area contributed by atoms with Crippen LogP contribution in [0.4, 0.5) is 10.2 Å². The van der Waals surface area contributed by atoms with Gasteiger partial charge in [0.05, 0.1) is 5.84 Å². The number of halogens is 2. The van der Waals surface area contributed by atoms with Crippen molar-refractivity contribution in [2.75, 3.05) is 18.0 Å². The zero-order chi connectivity index (χ0) is 12.1. The van der Waals surface area contributed by atoms with Gasteiger partial charge in [0.15, 0.2) is 11.6 Å². The van der Waals surface area contributed by atoms with Crippen molar-refractivity contribution in [2.45, 2.75) is 13.3 Å². The van der Waals surface area contributed by atoms with Crippen LogP contribution < -0.4 is 10.6 Å². The van der Waals surface area contributed by atoms with E-state index in [1.807, 2.05) is 6.92 Å². The zero-order valence-electron chi connectivity index (χ0n) is 9.00. The summed E-state index contributed by atoms with van der Waals surface area (Å²) in [6, 6.07) is 1.37. The van der Waals surface area contributed by atoms with Gasteiger partial charge in [-0.25, -0.2) is 9.37 Å². The molecule has 16 heavy (non-hydrogen) atoms. The summed E-state index contributed by atoms with van der Waals surface area (Å²) >= 11 is 3.15. The van der Waals surface area contributed by atoms with E-state index in [9.17, 15) is 4.39 Å². The van der Waals surface area contributed by atoms with Gasteiger partial charge in [0.25, 0.3) is 0 Å². The number of nitrogens with one attached hydrogen (secondary N) is 1. The molecule has 4 nitrogen and oxygen atoms in total. The Balaban J connectivity index is 2.82. The predicted molar refractivity (Wildman–Crippen MR) is 66.3 cm³/mol. The van der Waals surface area contributed by atoms with Crippen molar-refractivity contribution in [3.63, 3.8) is 0 Å². The third-order valence-electron chi connectivity index (χ3n) is 2.12. The van der Waals surface area contributed by atoms with E-state index in [0.717, 1.165) is 0 Å². The Morgan fingerprint density at radius 1 is 1.69 bits per heavy atom. The van der Waals surface area contributed by atoms with Crippen LogP contribution >= 0.6 is 15.9 Å². The van der Waals surface area contributed by atoms with E-state index in [1.165, 1.54) is 6.07 Å². The molecule has 0 aromatic carbocycles. The van der Waals surface area contributed by atoms with E-state index in [2.05, 4.69) is 20.9 Å². The van der Waals surface area contributed by atoms with Crippen LogP contribution in [0.25, 0.3) is 0 Å². The summed E-state index contributed by atoms with van der Waals surface area (Å²) in [6.07, 6.45) is 1.96. The van der Waals surface area contributed by atoms with E-state index in [1.54, 1.807) is 11.1 Å². The molecule has 0 aliphatic carbocycles. The van der Waals surface area contributed by atoms with Gasteiger partial charge in [-0.3, -0.25) is 5.41 Å². The van der Waals surface area contributed by atoms with Crippen LogP contribution in [0.5, 0.6) is 0 Å². The van der Waals surface area contributed by atoms with Crippen LogP contribution in [-0.4, -0.2) is 23.9 Å². The third-order valence-corrected chi connectivity index (χ3v) is 2.55. The molecule has 6 heteroatoms. The second-order valence-corrected chi connectivity index (χ2v) is 4.23. The monoisotopic (exact) mass is 288 g/mol. The lowest BCUT2D eigenvalue weighted by molar-refractivity contribution is 0.609. The van der Waals surface area contributed by atoms with Crippen molar-refractivity contribution < 1.29 is 4.39 Å². The molecule has 0 radical (unpaired) electrons. The Kier molecular flexibility index (Phi) is 4.67.